The summed E-state index contributed by atoms with van der Waals surface area (Å²) in [4.78, 5) is 11.8. The zero-order chi connectivity index (χ0) is 15.0. The van der Waals surface area contributed by atoms with E-state index >= 15 is 0 Å². The van der Waals surface area contributed by atoms with Crippen molar-refractivity contribution in [2.75, 3.05) is 13.2 Å². The van der Waals surface area contributed by atoms with E-state index in [1.807, 2.05) is 6.92 Å². The third-order valence-electron chi connectivity index (χ3n) is 3.52. The van der Waals surface area contributed by atoms with Crippen LogP contribution in [-0.4, -0.2) is 30.3 Å². The van der Waals surface area contributed by atoms with Crippen LogP contribution in [0.25, 0.3) is 0 Å². The normalized spacial score (nSPS) is 13.6. The minimum atomic E-state index is -0.163. The van der Waals surface area contributed by atoms with Gasteiger partial charge in [-0.05, 0) is 31.2 Å². The molecule has 0 bridgehead atoms. The van der Waals surface area contributed by atoms with Crippen LogP contribution in [0.2, 0.25) is 0 Å². The molecule has 0 heterocycles. The fourth-order valence-electron chi connectivity index (χ4n) is 2.03. The van der Waals surface area contributed by atoms with Crippen molar-refractivity contribution in [2.45, 2.75) is 45.6 Å². The quantitative estimate of drug-likeness (QED) is 0.718. The minimum absolute atomic E-state index is 0.0367. The summed E-state index contributed by atoms with van der Waals surface area (Å²) in [5.41, 5.74) is 2.46. The van der Waals surface area contributed by atoms with Crippen molar-refractivity contribution in [2.24, 2.45) is 0 Å². The second-order valence-electron chi connectivity index (χ2n) is 5.28. The number of aliphatic hydroxyl groups excluding tert-OH is 1. The standard InChI is InChI=1S/C16H26N2O2/c1-4-15(9-10-19)18-16(20)17-11-13(3)14-7-5-12(2)6-8-14/h5-8,13,15,19H,4,9-11H2,1-3H3,(H2,17,18,20). The highest BCUT2D eigenvalue weighted by Crippen LogP contribution is 2.14. The van der Waals surface area contributed by atoms with Gasteiger partial charge in [-0.2, -0.15) is 0 Å². The molecule has 0 aromatic heterocycles. The summed E-state index contributed by atoms with van der Waals surface area (Å²) in [5.74, 6) is 0.277. The van der Waals surface area contributed by atoms with E-state index < -0.39 is 0 Å². The fraction of sp³-hybridized carbons (Fsp3) is 0.562. The molecule has 0 spiro atoms. The molecule has 0 aliphatic heterocycles. The van der Waals surface area contributed by atoms with Crippen molar-refractivity contribution in [3.8, 4) is 0 Å². The molecule has 0 saturated carbocycles. The van der Waals surface area contributed by atoms with E-state index in [1.54, 1.807) is 0 Å². The van der Waals surface area contributed by atoms with Crippen LogP contribution in [-0.2, 0) is 0 Å². The molecular weight excluding hydrogens is 252 g/mol. The number of urea groups is 1. The van der Waals surface area contributed by atoms with Crippen molar-refractivity contribution >= 4 is 6.03 Å². The number of rotatable bonds is 7. The lowest BCUT2D eigenvalue weighted by Gasteiger charge is -2.18. The van der Waals surface area contributed by atoms with E-state index in [4.69, 9.17) is 5.11 Å². The molecule has 3 N–H and O–H groups in total. The Labute approximate surface area is 121 Å². The molecule has 2 unspecified atom stereocenters. The molecule has 0 aliphatic rings. The second kappa shape index (κ2) is 8.59. The van der Waals surface area contributed by atoms with Gasteiger partial charge in [0.25, 0.3) is 0 Å². The number of hydrogen-bond acceptors (Lipinski definition) is 2. The summed E-state index contributed by atoms with van der Waals surface area (Å²) in [6, 6.07) is 8.24. The Bertz CT molecular complexity index is 403. The lowest BCUT2D eigenvalue weighted by atomic mass is 10.0. The van der Waals surface area contributed by atoms with Crippen LogP contribution in [0.4, 0.5) is 4.79 Å². The van der Waals surface area contributed by atoms with E-state index in [2.05, 4.69) is 48.7 Å². The van der Waals surface area contributed by atoms with Crippen LogP contribution < -0.4 is 10.6 Å². The molecule has 4 nitrogen and oxygen atoms in total. The van der Waals surface area contributed by atoms with Gasteiger partial charge in [0.05, 0.1) is 0 Å². The van der Waals surface area contributed by atoms with Gasteiger partial charge in [0.1, 0.15) is 0 Å². The predicted molar refractivity (Wildman–Crippen MR) is 81.9 cm³/mol. The molecule has 2 atom stereocenters. The van der Waals surface area contributed by atoms with Gasteiger partial charge in [-0.15, -0.1) is 0 Å². The molecule has 0 radical (unpaired) electrons. The maximum atomic E-state index is 11.8. The van der Waals surface area contributed by atoms with E-state index in [1.165, 1.54) is 11.1 Å². The first-order valence-electron chi connectivity index (χ1n) is 7.28. The molecule has 1 aromatic carbocycles. The topological polar surface area (TPSA) is 61.4 Å². The lowest BCUT2D eigenvalue weighted by Crippen LogP contribution is -2.43. The number of benzene rings is 1. The molecule has 2 amide bonds. The highest BCUT2D eigenvalue weighted by molar-refractivity contribution is 5.74. The first-order chi connectivity index (χ1) is 9.56. The Morgan fingerprint density at radius 2 is 1.95 bits per heavy atom. The van der Waals surface area contributed by atoms with Crippen molar-refractivity contribution in [1.82, 2.24) is 10.6 Å². The third kappa shape index (κ3) is 5.61. The Kier molecular flexibility index (Phi) is 7.09. The first kappa shape index (κ1) is 16.5. The Balaban J connectivity index is 2.38. The Morgan fingerprint density at radius 3 is 2.50 bits per heavy atom. The number of aryl methyl sites for hydroxylation is 1. The fourth-order valence-corrected chi connectivity index (χ4v) is 2.03. The summed E-state index contributed by atoms with van der Waals surface area (Å²) in [7, 11) is 0. The molecule has 1 aromatic rings. The maximum absolute atomic E-state index is 11.8. The van der Waals surface area contributed by atoms with E-state index in [0.717, 1.165) is 6.42 Å². The molecular formula is C16H26N2O2. The van der Waals surface area contributed by atoms with E-state index in [0.29, 0.717) is 13.0 Å². The minimum Gasteiger partial charge on any atom is -0.396 e. The summed E-state index contributed by atoms with van der Waals surface area (Å²) < 4.78 is 0. The largest absolute Gasteiger partial charge is 0.396 e. The smallest absolute Gasteiger partial charge is 0.315 e. The van der Waals surface area contributed by atoms with Gasteiger partial charge in [-0.25, -0.2) is 4.79 Å². The maximum Gasteiger partial charge on any atom is 0.315 e. The summed E-state index contributed by atoms with van der Waals surface area (Å²) in [6.45, 7) is 6.85. The number of aliphatic hydroxyl groups is 1. The molecule has 1 rings (SSSR count). The zero-order valence-electron chi connectivity index (χ0n) is 12.6. The van der Waals surface area contributed by atoms with Crippen LogP contribution in [0.3, 0.4) is 0 Å². The van der Waals surface area contributed by atoms with Gasteiger partial charge in [0, 0.05) is 19.2 Å². The van der Waals surface area contributed by atoms with Crippen LogP contribution in [0.1, 0.15) is 43.7 Å². The summed E-state index contributed by atoms with van der Waals surface area (Å²) in [5, 5.41) is 14.7. The first-order valence-corrected chi connectivity index (χ1v) is 7.28. The number of nitrogens with one attached hydrogen (secondary N) is 2. The SMILES string of the molecule is CCC(CCO)NC(=O)NCC(C)c1ccc(C)cc1. The molecule has 112 valence electrons. The monoisotopic (exact) mass is 278 g/mol. The summed E-state index contributed by atoms with van der Waals surface area (Å²) in [6.07, 6.45) is 1.42. The molecule has 0 aliphatic carbocycles. The van der Waals surface area contributed by atoms with Crippen LogP contribution in [0.5, 0.6) is 0 Å². The third-order valence-corrected chi connectivity index (χ3v) is 3.52. The number of amides is 2. The second-order valence-corrected chi connectivity index (χ2v) is 5.28. The average Bonchev–Trinajstić information content (AvgIpc) is 2.45. The van der Waals surface area contributed by atoms with Gasteiger partial charge in [-0.3, -0.25) is 0 Å². The Hall–Kier alpha value is -1.55. The van der Waals surface area contributed by atoms with Crippen molar-refractivity contribution < 1.29 is 9.90 Å². The van der Waals surface area contributed by atoms with Gasteiger partial charge >= 0.3 is 6.03 Å². The number of hydrogen-bond donors (Lipinski definition) is 3. The van der Waals surface area contributed by atoms with Crippen molar-refractivity contribution in [1.29, 1.82) is 0 Å². The molecule has 20 heavy (non-hydrogen) atoms. The van der Waals surface area contributed by atoms with Crippen LogP contribution >= 0.6 is 0 Å². The predicted octanol–water partition coefficient (Wildman–Crippen LogP) is 2.56. The van der Waals surface area contributed by atoms with Crippen molar-refractivity contribution in [3.05, 3.63) is 35.4 Å². The number of carbonyl (C=O) groups is 1. The van der Waals surface area contributed by atoms with Gasteiger partial charge < -0.3 is 15.7 Å². The lowest BCUT2D eigenvalue weighted by molar-refractivity contribution is 0.227. The van der Waals surface area contributed by atoms with Crippen molar-refractivity contribution in [3.63, 3.8) is 0 Å². The van der Waals surface area contributed by atoms with Gasteiger partial charge in [0.2, 0.25) is 0 Å². The van der Waals surface area contributed by atoms with Gasteiger partial charge in [0.15, 0.2) is 0 Å². The van der Waals surface area contributed by atoms with Gasteiger partial charge in [-0.1, -0.05) is 43.7 Å². The average molecular weight is 278 g/mol. The van der Waals surface area contributed by atoms with Crippen LogP contribution in [0.15, 0.2) is 24.3 Å². The Morgan fingerprint density at radius 1 is 1.30 bits per heavy atom. The van der Waals surface area contributed by atoms with E-state index in [-0.39, 0.29) is 24.6 Å². The zero-order valence-corrected chi connectivity index (χ0v) is 12.6. The molecule has 0 fully saturated rings. The van der Waals surface area contributed by atoms with Crippen LogP contribution in [0, 0.1) is 6.92 Å². The highest BCUT2D eigenvalue weighted by Gasteiger charge is 2.11. The summed E-state index contributed by atoms with van der Waals surface area (Å²) >= 11 is 0. The number of carbonyl (C=O) groups excluding carboxylic acids is 1. The highest BCUT2D eigenvalue weighted by atomic mass is 16.3. The molecule has 0 saturated heterocycles. The van der Waals surface area contributed by atoms with E-state index in [9.17, 15) is 4.79 Å². The molecule has 4 heteroatoms.